The van der Waals surface area contributed by atoms with Crippen LogP contribution < -0.4 is 11.1 Å². The maximum Gasteiger partial charge on any atom is 0.263 e. The monoisotopic (exact) mass is 273 g/mol. The summed E-state index contributed by atoms with van der Waals surface area (Å²) < 4.78 is 0. The third-order valence-corrected chi connectivity index (χ3v) is 4.04. The van der Waals surface area contributed by atoms with Gasteiger partial charge in [0.05, 0.1) is 5.69 Å². The molecule has 1 fully saturated rings. The molecular formula is C14H15N3OS. The van der Waals surface area contributed by atoms with E-state index in [1.165, 1.54) is 11.3 Å². The van der Waals surface area contributed by atoms with Gasteiger partial charge in [0, 0.05) is 12.5 Å². The average Bonchev–Trinajstić information content (AvgIpc) is 3.20. The van der Waals surface area contributed by atoms with Gasteiger partial charge in [-0.2, -0.15) is 0 Å². The Morgan fingerprint density at radius 3 is 2.79 bits per heavy atom. The Labute approximate surface area is 115 Å². The zero-order valence-corrected chi connectivity index (χ0v) is 11.2. The van der Waals surface area contributed by atoms with Gasteiger partial charge < -0.3 is 11.1 Å². The molecule has 3 N–H and O–H groups in total. The maximum atomic E-state index is 12.2. The highest BCUT2D eigenvalue weighted by Gasteiger charge is 2.31. The van der Waals surface area contributed by atoms with Crippen molar-refractivity contribution in [2.75, 3.05) is 5.73 Å². The zero-order chi connectivity index (χ0) is 13.2. The van der Waals surface area contributed by atoms with Gasteiger partial charge in [-0.05, 0) is 18.4 Å². The second kappa shape index (κ2) is 5.01. The Morgan fingerprint density at radius 1 is 1.37 bits per heavy atom. The van der Waals surface area contributed by atoms with Crippen molar-refractivity contribution in [1.29, 1.82) is 0 Å². The molecule has 0 unspecified atom stereocenters. The van der Waals surface area contributed by atoms with Gasteiger partial charge in [0.1, 0.15) is 4.88 Å². The van der Waals surface area contributed by atoms with Gasteiger partial charge in [-0.1, -0.05) is 41.7 Å². The molecule has 1 aromatic carbocycles. The summed E-state index contributed by atoms with van der Waals surface area (Å²) in [5, 5.41) is 3.41. The molecule has 1 saturated carbocycles. The van der Waals surface area contributed by atoms with Crippen LogP contribution in [0.4, 0.5) is 5.13 Å². The van der Waals surface area contributed by atoms with Crippen LogP contribution in [0.25, 0.3) is 0 Å². The number of carbonyl (C=O) groups excluding carboxylic acids is 1. The van der Waals surface area contributed by atoms with E-state index in [1.807, 2.05) is 30.3 Å². The summed E-state index contributed by atoms with van der Waals surface area (Å²) in [6.45, 7) is 0.529. The second-order valence-electron chi connectivity index (χ2n) is 4.71. The van der Waals surface area contributed by atoms with Gasteiger partial charge in [0.2, 0.25) is 0 Å². The minimum atomic E-state index is -0.0695. The Balaban J connectivity index is 1.70. The molecule has 4 nitrogen and oxygen atoms in total. The van der Waals surface area contributed by atoms with Crippen LogP contribution in [-0.2, 0) is 6.54 Å². The SMILES string of the molecule is Nc1nc(C2CC2)c(C(=O)NCc2ccccc2)s1. The van der Waals surface area contributed by atoms with E-state index < -0.39 is 0 Å². The molecular weight excluding hydrogens is 258 g/mol. The lowest BCUT2D eigenvalue weighted by molar-refractivity contribution is 0.0954. The van der Waals surface area contributed by atoms with Crippen molar-refractivity contribution in [3.05, 3.63) is 46.5 Å². The van der Waals surface area contributed by atoms with E-state index in [4.69, 9.17) is 5.73 Å². The van der Waals surface area contributed by atoms with Crippen LogP contribution >= 0.6 is 11.3 Å². The van der Waals surface area contributed by atoms with Crippen molar-refractivity contribution in [2.45, 2.75) is 25.3 Å². The Kier molecular flexibility index (Phi) is 3.21. The summed E-state index contributed by atoms with van der Waals surface area (Å²) in [4.78, 5) is 17.1. The lowest BCUT2D eigenvalue weighted by Crippen LogP contribution is -2.22. The van der Waals surface area contributed by atoms with Gasteiger partial charge in [0.25, 0.3) is 5.91 Å². The van der Waals surface area contributed by atoms with Crippen LogP contribution in [0.5, 0.6) is 0 Å². The summed E-state index contributed by atoms with van der Waals surface area (Å²) in [6.07, 6.45) is 2.23. The summed E-state index contributed by atoms with van der Waals surface area (Å²) >= 11 is 1.28. The molecule has 98 valence electrons. The van der Waals surface area contributed by atoms with Crippen molar-refractivity contribution < 1.29 is 4.79 Å². The third-order valence-electron chi connectivity index (χ3n) is 3.14. The fourth-order valence-electron chi connectivity index (χ4n) is 2.00. The number of anilines is 1. The second-order valence-corrected chi connectivity index (χ2v) is 5.74. The first-order valence-electron chi connectivity index (χ1n) is 6.32. The molecule has 3 rings (SSSR count). The molecule has 0 atom stereocenters. The first-order valence-corrected chi connectivity index (χ1v) is 7.14. The first kappa shape index (κ1) is 12.2. The number of aromatic nitrogens is 1. The Morgan fingerprint density at radius 2 is 2.11 bits per heavy atom. The fourth-order valence-corrected chi connectivity index (χ4v) is 2.84. The zero-order valence-electron chi connectivity index (χ0n) is 10.4. The summed E-state index contributed by atoms with van der Waals surface area (Å²) in [6, 6.07) is 9.86. The summed E-state index contributed by atoms with van der Waals surface area (Å²) in [7, 11) is 0. The topological polar surface area (TPSA) is 68.0 Å². The predicted molar refractivity (Wildman–Crippen MR) is 76.1 cm³/mol. The molecule has 2 aromatic rings. The van der Waals surface area contributed by atoms with E-state index >= 15 is 0 Å². The average molecular weight is 273 g/mol. The molecule has 1 aromatic heterocycles. The largest absolute Gasteiger partial charge is 0.375 e. The third kappa shape index (κ3) is 2.76. The van der Waals surface area contributed by atoms with Crippen LogP contribution in [0.3, 0.4) is 0 Å². The van der Waals surface area contributed by atoms with E-state index in [2.05, 4.69) is 10.3 Å². The molecule has 5 heteroatoms. The number of rotatable bonds is 4. The molecule has 1 heterocycles. The molecule has 0 bridgehead atoms. The molecule has 0 radical (unpaired) electrons. The number of hydrogen-bond donors (Lipinski definition) is 2. The molecule has 19 heavy (non-hydrogen) atoms. The summed E-state index contributed by atoms with van der Waals surface area (Å²) in [5.74, 6) is 0.367. The molecule has 1 aliphatic carbocycles. The fraction of sp³-hybridized carbons (Fsp3) is 0.286. The highest BCUT2D eigenvalue weighted by atomic mass is 32.1. The highest BCUT2D eigenvalue weighted by molar-refractivity contribution is 7.17. The van der Waals surface area contributed by atoms with Crippen LogP contribution in [0.1, 0.15) is 39.7 Å². The number of nitrogens with two attached hydrogens (primary N) is 1. The van der Waals surface area contributed by atoms with E-state index in [9.17, 15) is 4.79 Å². The van der Waals surface area contributed by atoms with Crippen molar-refractivity contribution in [1.82, 2.24) is 10.3 Å². The maximum absolute atomic E-state index is 12.2. The normalized spacial score (nSPS) is 14.3. The molecule has 0 saturated heterocycles. The number of carbonyl (C=O) groups is 1. The van der Waals surface area contributed by atoms with Crippen LogP contribution in [0, 0.1) is 0 Å². The Hall–Kier alpha value is -1.88. The predicted octanol–water partition coefficient (Wildman–Crippen LogP) is 2.53. The number of nitrogen functional groups attached to an aromatic ring is 1. The van der Waals surface area contributed by atoms with Crippen molar-refractivity contribution in [3.8, 4) is 0 Å². The molecule has 1 amide bonds. The number of benzene rings is 1. The number of nitrogens with one attached hydrogen (secondary N) is 1. The summed E-state index contributed by atoms with van der Waals surface area (Å²) in [5.41, 5.74) is 7.68. The van der Waals surface area contributed by atoms with Gasteiger partial charge in [-0.15, -0.1) is 0 Å². The van der Waals surface area contributed by atoms with Gasteiger partial charge >= 0.3 is 0 Å². The van der Waals surface area contributed by atoms with Crippen LogP contribution in [-0.4, -0.2) is 10.9 Å². The minimum absolute atomic E-state index is 0.0695. The van der Waals surface area contributed by atoms with E-state index in [0.29, 0.717) is 22.5 Å². The highest BCUT2D eigenvalue weighted by Crippen LogP contribution is 2.43. The minimum Gasteiger partial charge on any atom is -0.375 e. The lowest BCUT2D eigenvalue weighted by atomic mass is 10.2. The van der Waals surface area contributed by atoms with E-state index in [0.717, 1.165) is 24.1 Å². The molecule has 1 aliphatic rings. The van der Waals surface area contributed by atoms with Gasteiger partial charge in [0.15, 0.2) is 5.13 Å². The van der Waals surface area contributed by atoms with Crippen molar-refractivity contribution >= 4 is 22.4 Å². The first-order chi connectivity index (χ1) is 9.24. The van der Waals surface area contributed by atoms with Crippen molar-refractivity contribution in [3.63, 3.8) is 0 Å². The van der Waals surface area contributed by atoms with Gasteiger partial charge in [-0.25, -0.2) is 4.98 Å². The number of thiazole rings is 1. The number of nitrogens with zero attached hydrogens (tertiary/aromatic N) is 1. The number of hydrogen-bond acceptors (Lipinski definition) is 4. The Bertz CT molecular complexity index is 590. The van der Waals surface area contributed by atoms with Gasteiger partial charge in [-0.3, -0.25) is 4.79 Å². The van der Waals surface area contributed by atoms with E-state index in [1.54, 1.807) is 0 Å². The quantitative estimate of drug-likeness (QED) is 0.899. The molecule has 0 aliphatic heterocycles. The lowest BCUT2D eigenvalue weighted by Gasteiger charge is -2.04. The van der Waals surface area contributed by atoms with E-state index in [-0.39, 0.29) is 5.91 Å². The number of amides is 1. The van der Waals surface area contributed by atoms with Crippen molar-refractivity contribution in [2.24, 2.45) is 0 Å². The van der Waals surface area contributed by atoms with Crippen LogP contribution in [0.15, 0.2) is 30.3 Å². The smallest absolute Gasteiger partial charge is 0.263 e. The standard InChI is InChI=1S/C14H15N3OS/c15-14-17-11(10-6-7-10)12(19-14)13(18)16-8-9-4-2-1-3-5-9/h1-5,10H,6-8H2,(H2,15,17)(H,16,18). The van der Waals surface area contributed by atoms with Crippen LogP contribution in [0.2, 0.25) is 0 Å². The molecule has 0 spiro atoms.